The Hall–Kier alpha value is -5.33. The van der Waals surface area contributed by atoms with Gasteiger partial charge < -0.3 is 0 Å². The summed E-state index contributed by atoms with van der Waals surface area (Å²) < 4.78 is 0. The normalized spacial score (nSPS) is 14.5. The molecule has 5 aromatic carbocycles. The van der Waals surface area contributed by atoms with Gasteiger partial charge in [-0.05, 0) is 70.5 Å². The second kappa shape index (κ2) is 10.7. The molecule has 0 radical (unpaired) electrons. The van der Waals surface area contributed by atoms with E-state index in [1.54, 1.807) is 0 Å². The summed E-state index contributed by atoms with van der Waals surface area (Å²) in [6.07, 6.45) is 6.12. The lowest BCUT2D eigenvalue weighted by atomic mass is 9.67. The molecule has 8 rings (SSSR count). The van der Waals surface area contributed by atoms with Gasteiger partial charge in [0.2, 0.25) is 0 Å². The number of nitriles is 1. The van der Waals surface area contributed by atoms with Crippen molar-refractivity contribution >= 4 is 0 Å². The molecule has 0 N–H and O–H groups in total. The van der Waals surface area contributed by atoms with Crippen LogP contribution in [0.1, 0.15) is 48.8 Å². The standard InChI is InChI=1S/C41H31N3/c42-27-28-14-21-36-35(24-28)34-20-19-33(25-37(34)41(36)22-8-3-9-23-41)29-15-17-31(18-16-29)39-26-38(30-10-4-1-5-11-30)43-40(44-39)32-12-6-2-7-13-32/h1-2,4-7,10-21,24-26H,3,8-9,22-23H2. The predicted molar refractivity (Wildman–Crippen MR) is 178 cm³/mol. The third-order valence-electron chi connectivity index (χ3n) is 9.54. The van der Waals surface area contributed by atoms with E-state index in [9.17, 15) is 5.26 Å². The third-order valence-corrected chi connectivity index (χ3v) is 9.54. The van der Waals surface area contributed by atoms with Gasteiger partial charge in [-0.3, -0.25) is 0 Å². The monoisotopic (exact) mass is 565 g/mol. The zero-order valence-electron chi connectivity index (χ0n) is 24.5. The van der Waals surface area contributed by atoms with E-state index in [4.69, 9.17) is 9.97 Å². The Balaban J connectivity index is 1.19. The maximum atomic E-state index is 9.60. The lowest BCUT2D eigenvalue weighted by Crippen LogP contribution is -2.28. The first kappa shape index (κ1) is 26.3. The van der Waals surface area contributed by atoms with E-state index in [0.29, 0.717) is 0 Å². The van der Waals surface area contributed by atoms with Gasteiger partial charge in [-0.25, -0.2) is 9.97 Å². The van der Waals surface area contributed by atoms with Crippen LogP contribution in [-0.2, 0) is 5.41 Å². The molecule has 44 heavy (non-hydrogen) atoms. The van der Waals surface area contributed by atoms with Crippen LogP contribution in [0.3, 0.4) is 0 Å². The largest absolute Gasteiger partial charge is 0.228 e. The van der Waals surface area contributed by atoms with Crippen LogP contribution in [-0.4, -0.2) is 9.97 Å². The summed E-state index contributed by atoms with van der Waals surface area (Å²) >= 11 is 0. The molecule has 3 heteroatoms. The molecule has 0 amide bonds. The van der Waals surface area contributed by atoms with Gasteiger partial charge in [0.25, 0.3) is 0 Å². The van der Waals surface area contributed by atoms with Crippen molar-refractivity contribution in [3.63, 3.8) is 0 Å². The van der Waals surface area contributed by atoms with Crippen LogP contribution in [0.4, 0.5) is 0 Å². The Kier molecular flexibility index (Phi) is 6.42. The van der Waals surface area contributed by atoms with Crippen molar-refractivity contribution in [2.45, 2.75) is 37.5 Å². The molecule has 0 saturated heterocycles. The average Bonchev–Trinajstić information content (AvgIpc) is 3.36. The Morgan fingerprint density at radius 2 is 1.11 bits per heavy atom. The zero-order valence-corrected chi connectivity index (χ0v) is 24.5. The van der Waals surface area contributed by atoms with Crippen molar-refractivity contribution in [3.05, 3.63) is 144 Å². The molecule has 1 heterocycles. The molecule has 0 unspecified atom stereocenters. The average molecular weight is 566 g/mol. The molecular formula is C41H31N3. The van der Waals surface area contributed by atoms with E-state index in [-0.39, 0.29) is 5.41 Å². The fourth-order valence-corrected chi connectivity index (χ4v) is 7.35. The minimum atomic E-state index is 0.0511. The van der Waals surface area contributed by atoms with Crippen LogP contribution in [0.2, 0.25) is 0 Å². The summed E-state index contributed by atoms with van der Waals surface area (Å²) in [4.78, 5) is 9.95. The van der Waals surface area contributed by atoms with Crippen molar-refractivity contribution in [1.82, 2.24) is 9.97 Å². The van der Waals surface area contributed by atoms with Gasteiger partial charge in [-0.1, -0.05) is 122 Å². The number of benzene rings is 5. The predicted octanol–water partition coefficient (Wildman–Crippen LogP) is 10.2. The van der Waals surface area contributed by atoms with E-state index in [0.717, 1.165) is 39.5 Å². The van der Waals surface area contributed by atoms with Crippen LogP contribution >= 0.6 is 0 Å². The maximum absolute atomic E-state index is 9.60. The van der Waals surface area contributed by atoms with Gasteiger partial charge in [0.15, 0.2) is 5.82 Å². The highest BCUT2D eigenvalue weighted by Gasteiger charge is 2.43. The lowest BCUT2D eigenvalue weighted by Gasteiger charge is -2.36. The molecule has 0 atom stereocenters. The highest BCUT2D eigenvalue weighted by molar-refractivity contribution is 5.85. The number of aromatic nitrogens is 2. The zero-order chi connectivity index (χ0) is 29.5. The minimum Gasteiger partial charge on any atom is -0.228 e. The van der Waals surface area contributed by atoms with Crippen molar-refractivity contribution in [2.24, 2.45) is 0 Å². The molecule has 6 aromatic rings. The van der Waals surface area contributed by atoms with Gasteiger partial charge in [0, 0.05) is 22.1 Å². The molecule has 2 aliphatic rings. The Bertz CT molecular complexity index is 1970. The number of nitrogens with zero attached hydrogens (tertiary/aromatic N) is 3. The molecular weight excluding hydrogens is 534 g/mol. The summed E-state index contributed by atoms with van der Waals surface area (Å²) in [5, 5.41) is 9.60. The molecule has 210 valence electrons. The summed E-state index contributed by atoms with van der Waals surface area (Å²) in [6.45, 7) is 0. The van der Waals surface area contributed by atoms with Gasteiger partial charge in [-0.15, -0.1) is 0 Å². The van der Waals surface area contributed by atoms with Crippen LogP contribution in [0, 0.1) is 11.3 Å². The first-order valence-electron chi connectivity index (χ1n) is 15.5. The molecule has 0 bridgehead atoms. The minimum absolute atomic E-state index is 0.0511. The van der Waals surface area contributed by atoms with Gasteiger partial charge in [-0.2, -0.15) is 5.26 Å². The van der Waals surface area contributed by atoms with Crippen molar-refractivity contribution in [1.29, 1.82) is 5.26 Å². The van der Waals surface area contributed by atoms with E-state index in [1.165, 1.54) is 65.5 Å². The van der Waals surface area contributed by atoms with Gasteiger partial charge in [0.05, 0.1) is 23.0 Å². The van der Waals surface area contributed by atoms with Gasteiger partial charge >= 0.3 is 0 Å². The molecule has 1 saturated carbocycles. The van der Waals surface area contributed by atoms with Crippen LogP contribution in [0.15, 0.2) is 127 Å². The molecule has 2 aliphatic carbocycles. The highest BCUT2D eigenvalue weighted by Crippen LogP contribution is 2.56. The Morgan fingerprint density at radius 3 is 1.80 bits per heavy atom. The lowest BCUT2D eigenvalue weighted by molar-refractivity contribution is 0.353. The van der Waals surface area contributed by atoms with E-state index in [1.807, 2.05) is 42.5 Å². The second-order valence-electron chi connectivity index (χ2n) is 12.0. The SMILES string of the molecule is N#Cc1ccc2c(c1)-c1ccc(-c3ccc(-c4cc(-c5ccccc5)nc(-c5ccccc5)n4)cc3)cc1C21CCCCC1. The van der Waals surface area contributed by atoms with E-state index < -0.39 is 0 Å². The highest BCUT2D eigenvalue weighted by atomic mass is 14.9. The topological polar surface area (TPSA) is 49.6 Å². The van der Waals surface area contributed by atoms with Crippen molar-refractivity contribution < 1.29 is 0 Å². The number of fused-ring (bicyclic) bond motifs is 5. The number of hydrogen-bond acceptors (Lipinski definition) is 3. The fraction of sp³-hybridized carbons (Fsp3) is 0.146. The smallest absolute Gasteiger partial charge is 0.160 e. The Labute approximate surface area is 258 Å². The second-order valence-corrected chi connectivity index (χ2v) is 12.0. The molecule has 1 spiro atoms. The van der Waals surface area contributed by atoms with Gasteiger partial charge in [0.1, 0.15) is 0 Å². The maximum Gasteiger partial charge on any atom is 0.160 e. The molecule has 0 aliphatic heterocycles. The molecule has 1 fully saturated rings. The first-order chi connectivity index (χ1) is 21.7. The summed E-state index contributed by atoms with van der Waals surface area (Å²) in [7, 11) is 0. The number of rotatable bonds is 4. The van der Waals surface area contributed by atoms with Crippen molar-refractivity contribution in [2.75, 3.05) is 0 Å². The van der Waals surface area contributed by atoms with E-state index >= 15 is 0 Å². The Morgan fingerprint density at radius 1 is 0.500 bits per heavy atom. The summed E-state index contributed by atoms with van der Waals surface area (Å²) in [5.74, 6) is 0.724. The molecule has 3 nitrogen and oxygen atoms in total. The fourth-order valence-electron chi connectivity index (χ4n) is 7.35. The first-order valence-corrected chi connectivity index (χ1v) is 15.5. The quantitative estimate of drug-likeness (QED) is 0.214. The molecule has 1 aromatic heterocycles. The number of hydrogen-bond donors (Lipinski definition) is 0. The third kappa shape index (κ3) is 4.43. The summed E-state index contributed by atoms with van der Waals surface area (Å²) in [6, 6.07) is 47.0. The van der Waals surface area contributed by atoms with Crippen LogP contribution in [0.5, 0.6) is 0 Å². The summed E-state index contributed by atoms with van der Waals surface area (Å²) in [5.41, 5.74) is 13.5. The van der Waals surface area contributed by atoms with Crippen LogP contribution in [0.25, 0.3) is 56.2 Å². The van der Waals surface area contributed by atoms with Crippen molar-refractivity contribution in [3.8, 4) is 62.2 Å². The van der Waals surface area contributed by atoms with E-state index in [2.05, 4.69) is 91.0 Å². The van der Waals surface area contributed by atoms with Crippen LogP contribution < -0.4 is 0 Å².